The molecule has 3 aromatic carbocycles. The Morgan fingerprint density at radius 1 is 1.10 bits per heavy atom. The van der Waals surface area contributed by atoms with Gasteiger partial charge in [-0.1, -0.05) is 25.1 Å². The maximum atomic E-state index is 15.1. The molecule has 2 N–H and O–H groups in total. The van der Waals surface area contributed by atoms with Gasteiger partial charge in [-0.05, 0) is 66.9 Å². The van der Waals surface area contributed by atoms with E-state index in [-0.39, 0.29) is 48.6 Å². The molecular formula is C30H32FN3O5S. The molecule has 0 bridgehead atoms. The monoisotopic (exact) mass is 565 g/mol. The Morgan fingerprint density at radius 2 is 1.85 bits per heavy atom. The minimum atomic E-state index is -3.77. The summed E-state index contributed by atoms with van der Waals surface area (Å²) >= 11 is 0. The van der Waals surface area contributed by atoms with Crippen LogP contribution in [0.4, 0.5) is 4.39 Å². The number of nitrogens with zero attached hydrogens (tertiary/aromatic N) is 1. The van der Waals surface area contributed by atoms with E-state index >= 15 is 4.39 Å². The zero-order valence-corrected chi connectivity index (χ0v) is 23.3. The summed E-state index contributed by atoms with van der Waals surface area (Å²) in [5, 5.41) is 6.28. The van der Waals surface area contributed by atoms with Crippen LogP contribution in [0.5, 0.6) is 5.75 Å². The van der Waals surface area contributed by atoms with Gasteiger partial charge in [0.25, 0.3) is 11.8 Å². The van der Waals surface area contributed by atoms with E-state index in [1.165, 1.54) is 6.07 Å². The Morgan fingerprint density at radius 3 is 2.52 bits per heavy atom. The van der Waals surface area contributed by atoms with Crippen LogP contribution < -0.4 is 15.4 Å². The summed E-state index contributed by atoms with van der Waals surface area (Å²) < 4.78 is 45.0. The third kappa shape index (κ3) is 5.73. The summed E-state index contributed by atoms with van der Waals surface area (Å²) in [5.41, 5.74) is 3.43. The van der Waals surface area contributed by atoms with E-state index < -0.39 is 20.5 Å². The molecular weight excluding hydrogens is 533 g/mol. The van der Waals surface area contributed by atoms with E-state index in [4.69, 9.17) is 4.74 Å². The molecule has 1 saturated heterocycles. The predicted molar refractivity (Wildman–Crippen MR) is 150 cm³/mol. The number of hydrogen-bond donors (Lipinski definition) is 2. The SMILES string of the molecule is CCc1c(C(=O)N2CCOc3ccc(-c4ccc(C(=O)NC5CCNC5)cc4)cc3C2)ccc(S(C)(=O)=O)c1F. The number of halogens is 1. The summed E-state index contributed by atoms with van der Waals surface area (Å²) in [6.07, 6.45) is 2.04. The summed E-state index contributed by atoms with van der Waals surface area (Å²) in [7, 11) is -3.77. The van der Waals surface area contributed by atoms with Crippen LogP contribution in [-0.4, -0.2) is 63.7 Å². The molecule has 1 unspecified atom stereocenters. The summed E-state index contributed by atoms with van der Waals surface area (Å²) in [4.78, 5) is 27.3. The molecule has 2 amide bonds. The molecule has 2 aliphatic heterocycles. The standard InChI is InChI=1S/C30H32FN3O5S/c1-3-24-25(9-11-27(28(24)31)40(2,37)38)30(36)34-14-15-39-26-10-8-21(16-22(26)18-34)19-4-6-20(7-5-19)29(35)33-23-12-13-32-17-23/h4-11,16,23,32H,3,12-15,17-18H2,1-2H3,(H,33,35). The van der Waals surface area contributed by atoms with Gasteiger partial charge in [-0.2, -0.15) is 0 Å². The number of sulfone groups is 1. The minimum absolute atomic E-state index is 0.0837. The number of amides is 2. The lowest BCUT2D eigenvalue weighted by Gasteiger charge is -2.22. The average Bonchev–Trinajstić information content (AvgIpc) is 3.35. The van der Waals surface area contributed by atoms with E-state index in [1.54, 1.807) is 24.0 Å². The van der Waals surface area contributed by atoms with Crippen molar-refractivity contribution in [1.82, 2.24) is 15.5 Å². The van der Waals surface area contributed by atoms with Gasteiger partial charge in [-0.3, -0.25) is 9.59 Å². The third-order valence-electron chi connectivity index (χ3n) is 7.39. The second-order valence-electron chi connectivity index (χ2n) is 10.2. The molecule has 0 aliphatic carbocycles. The largest absolute Gasteiger partial charge is 0.491 e. The highest BCUT2D eigenvalue weighted by Gasteiger charge is 2.27. The van der Waals surface area contributed by atoms with Gasteiger partial charge >= 0.3 is 0 Å². The second-order valence-corrected chi connectivity index (χ2v) is 12.2. The van der Waals surface area contributed by atoms with Crippen LogP contribution in [0.25, 0.3) is 11.1 Å². The highest BCUT2D eigenvalue weighted by atomic mass is 32.2. The van der Waals surface area contributed by atoms with Crippen molar-refractivity contribution in [2.24, 2.45) is 0 Å². The molecule has 3 aromatic rings. The Labute approximate surface area is 233 Å². The summed E-state index contributed by atoms with van der Waals surface area (Å²) in [5.74, 6) is -0.696. The van der Waals surface area contributed by atoms with Crippen LogP contribution in [0.15, 0.2) is 59.5 Å². The van der Waals surface area contributed by atoms with Crippen LogP contribution in [0.3, 0.4) is 0 Å². The highest BCUT2D eigenvalue weighted by molar-refractivity contribution is 7.90. The van der Waals surface area contributed by atoms with Crippen LogP contribution in [0.1, 0.15) is 45.2 Å². The molecule has 1 fully saturated rings. The van der Waals surface area contributed by atoms with E-state index in [2.05, 4.69) is 10.6 Å². The number of hydrogen-bond acceptors (Lipinski definition) is 6. The van der Waals surface area contributed by atoms with Crippen LogP contribution in [0.2, 0.25) is 0 Å². The topological polar surface area (TPSA) is 105 Å². The second kappa shape index (κ2) is 11.4. The minimum Gasteiger partial charge on any atom is -0.491 e. The number of rotatable bonds is 6. The lowest BCUT2D eigenvalue weighted by Crippen LogP contribution is -2.36. The van der Waals surface area contributed by atoms with Crippen molar-refractivity contribution >= 4 is 21.7 Å². The van der Waals surface area contributed by atoms with E-state index in [1.807, 2.05) is 30.3 Å². The highest BCUT2D eigenvalue weighted by Crippen LogP contribution is 2.31. The number of nitrogens with one attached hydrogen (secondary N) is 2. The maximum Gasteiger partial charge on any atom is 0.254 e. The third-order valence-corrected chi connectivity index (χ3v) is 8.51. The molecule has 0 saturated carbocycles. The number of carbonyl (C=O) groups is 2. The van der Waals surface area contributed by atoms with Gasteiger partial charge in [0.2, 0.25) is 0 Å². The first-order valence-corrected chi connectivity index (χ1v) is 15.2. The van der Waals surface area contributed by atoms with Crippen molar-refractivity contribution < 1.29 is 27.1 Å². The fourth-order valence-electron chi connectivity index (χ4n) is 5.21. The first kappa shape index (κ1) is 27.8. The molecule has 2 aliphatic rings. The Bertz CT molecular complexity index is 1550. The van der Waals surface area contributed by atoms with Gasteiger partial charge in [-0.25, -0.2) is 12.8 Å². The first-order chi connectivity index (χ1) is 19.2. The first-order valence-electron chi connectivity index (χ1n) is 13.3. The molecule has 10 heteroatoms. The van der Waals surface area contributed by atoms with Gasteiger partial charge in [0.05, 0.1) is 6.54 Å². The quantitative estimate of drug-likeness (QED) is 0.474. The molecule has 5 rings (SSSR count). The lowest BCUT2D eigenvalue weighted by molar-refractivity contribution is 0.0731. The van der Waals surface area contributed by atoms with Crippen LogP contribution >= 0.6 is 0 Å². The van der Waals surface area contributed by atoms with E-state index in [0.29, 0.717) is 17.9 Å². The summed E-state index contributed by atoms with van der Waals surface area (Å²) in [6, 6.07) is 15.8. The van der Waals surface area contributed by atoms with Crippen molar-refractivity contribution in [3.8, 4) is 16.9 Å². The number of fused-ring (bicyclic) bond motifs is 1. The average molecular weight is 566 g/mol. The van der Waals surface area contributed by atoms with E-state index in [0.717, 1.165) is 48.5 Å². The number of carbonyl (C=O) groups excluding carboxylic acids is 2. The van der Waals surface area contributed by atoms with Crippen molar-refractivity contribution in [2.45, 2.75) is 37.2 Å². The smallest absolute Gasteiger partial charge is 0.254 e. The Hall–Kier alpha value is -3.76. The van der Waals surface area contributed by atoms with Crippen LogP contribution in [0, 0.1) is 5.82 Å². The zero-order valence-electron chi connectivity index (χ0n) is 22.5. The normalized spacial score (nSPS) is 17.1. The fraction of sp³-hybridized carbons (Fsp3) is 0.333. The molecule has 8 nitrogen and oxygen atoms in total. The summed E-state index contributed by atoms with van der Waals surface area (Å²) in [6.45, 7) is 4.18. The van der Waals surface area contributed by atoms with E-state index in [9.17, 15) is 18.0 Å². The van der Waals surface area contributed by atoms with Gasteiger partial charge in [0.15, 0.2) is 9.84 Å². The molecule has 210 valence electrons. The fourth-order valence-corrected chi connectivity index (χ4v) is 5.97. The predicted octanol–water partition coefficient (Wildman–Crippen LogP) is 3.59. The molecule has 0 radical (unpaired) electrons. The Kier molecular flexibility index (Phi) is 7.91. The van der Waals surface area contributed by atoms with Gasteiger partial charge in [0.1, 0.15) is 23.1 Å². The van der Waals surface area contributed by atoms with Gasteiger partial charge in [-0.15, -0.1) is 0 Å². The maximum absolute atomic E-state index is 15.1. The van der Waals surface area contributed by atoms with Crippen LogP contribution in [-0.2, 0) is 22.8 Å². The van der Waals surface area contributed by atoms with Gasteiger partial charge in [0, 0.05) is 47.6 Å². The van der Waals surface area contributed by atoms with Crippen molar-refractivity contribution in [1.29, 1.82) is 0 Å². The lowest BCUT2D eigenvalue weighted by atomic mass is 10.00. The molecule has 1 atom stereocenters. The molecule has 2 heterocycles. The zero-order chi connectivity index (χ0) is 28.4. The van der Waals surface area contributed by atoms with Crippen molar-refractivity contribution in [3.05, 3.63) is 82.7 Å². The van der Waals surface area contributed by atoms with Crippen molar-refractivity contribution in [3.63, 3.8) is 0 Å². The molecule has 0 aromatic heterocycles. The number of benzene rings is 3. The molecule has 0 spiro atoms. The number of ether oxygens (including phenoxy) is 1. The van der Waals surface area contributed by atoms with Gasteiger partial charge < -0.3 is 20.3 Å². The van der Waals surface area contributed by atoms with Crippen molar-refractivity contribution in [2.75, 3.05) is 32.5 Å². The Balaban J connectivity index is 1.37. The molecule has 40 heavy (non-hydrogen) atoms.